The van der Waals surface area contributed by atoms with Crippen molar-refractivity contribution in [3.8, 4) is 0 Å². The van der Waals surface area contributed by atoms with Gasteiger partial charge in [0.15, 0.2) is 0 Å². The summed E-state index contributed by atoms with van der Waals surface area (Å²) in [6.45, 7) is 1.81. The predicted molar refractivity (Wildman–Crippen MR) is 83.0 cm³/mol. The maximum atomic E-state index is 13.3. The smallest absolute Gasteiger partial charge is 0.370 e. The van der Waals surface area contributed by atoms with E-state index >= 15 is 0 Å². The summed E-state index contributed by atoms with van der Waals surface area (Å²) in [5.74, 6) is 0. The Balaban J connectivity index is 2.33. The van der Waals surface area contributed by atoms with Crippen molar-refractivity contribution in [2.45, 2.75) is 30.4 Å². The minimum atomic E-state index is -4.33. The van der Waals surface area contributed by atoms with Crippen LogP contribution in [0.4, 0.5) is 18.9 Å². The normalized spacial score (nSPS) is 20.6. The Labute approximate surface area is 132 Å². The highest BCUT2D eigenvalue weighted by Gasteiger charge is 2.36. The summed E-state index contributed by atoms with van der Waals surface area (Å²) in [7, 11) is 3.78. The van der Waals surface area contributed by atoms with Gasteiger partial charge in [-0.05, 0) is 44.1 Å². The molecule has 2 nitrogen and oxygen atoms in total. The van der Waals surface area contributed by atoms with Crippen LogP contribution in [0.2, 0.25) is 0 Å². The number of rotatable bonds is 3. The van der Waals surface area contributed by atoms with E-state index in [4.69, 9.17) is 0 Å². The number of halogens is 4. The highest BCUT2D eigenvalue weighted by Crippen LogP contribution is 2.38. The molecule has 1 aliphatic rings. The number of piperidine rings is 1. The zero-order valence-corrected chi connectivity index (χ0v) is 13.8. The molecule has 1 atom stereocenters. The Hall–Kier alpha value is -0.750. The molecular formula is C15H20BrF3N2. The number of nitrogens with zero attached hydrogens (tertiary/aromatic N) is 2. The highest BCUT2D eigenvalue weighted by molar-refractivity contribution is 9.08. The van der Waals surface area contributed by atoms with E-state index in [9.17, 15) is 13.2 Å². The van der Waals surface area contributed by atoms with Crippen LogP contribution < -0.4 is 4.90 Å². The Morgan fingerprint density at radius 2 is 2.10 bits per heavy atom. The monoisotopic (exact) mass is 364 g/mol. The first-order valence-corrected chi connectivity index (χ1v) is 8.12. The van der Waals surface area contributed by atoms with Gasteiger partial charge in [-0.15, -0.1) is 0 Å². The second-order valence-corrected chi connectivity index (χ2v) is 6.21. The van der Waals surface area contributed by atoms with Gasteiger partial charge in [0.1, 0.15) is 0 Å². The zero-order valence-electron chi connectivity index (χ0n) is 12.3. The second kappa shape index (κ2) is 6.57. The van der Waals surface area contributed by atoms with E-state index in [1.807, 2.05) is 7.05 Å². The fraction of sp³-hybridized carbons (Fsp3) is 0.600. The van der Waals surface area contributed by atoms with Crippen LogP contribution in [-0.4, -0.2) is 38.1 Å². The molecule has 0 N–H and O–H groups in total. The van der Waals surface area contributed by atoms with Gasteiger partial charge in [0.25, 0.3) is 0 Å². The fourth-order valence-electron chi connectivity index (χ4n) is 2.85. The van der Waals surface area contributed by atoms with E-state index in [1.54, 1.807) is 24.1 Å². The number of alkyl halides is 4. The van der Waals surface area contributed by atoms with E-state index in [1.165, 1.54) is 6.07 Å². The molecule has 118 valence electrons. The van der Waals surface area contributed by atoms with E-state index in [-0.39, 0.29) is 11.7 Å². The zero-order chi connectivity index (χ0) is 15.6. The van der Waals surface area contributed by atoms with E-state index in [0.717, 1.165) is 25.9 Å². The Morgan fingerprint density at radius 1 is 1.38 bits per heavy atom. The van der Waals surface area contributed by atoms with E-state index in [2.05, 4.69) is 20.8 Å². The number of likely N-dealkylation sites (N-methyl/N-ethyl adjacent to an activating group) is 2. The maximum Gasteiger partial charge on any atom is 0.418 e. The third kappa shape index (κ3) is 3.92. The van der Waals surface area contributed by atoms with Crippen LogP contribution >= 0.6 is 15.9 Å². The first-order chi connectivity index (χ1) is 9.82. The molecule has 1 aliphatic heterocycles. The Kier molecular flexibility index (Phi) is 5.20. The summed E-state index contributed by atoms with van der Waals surface area (Å²) in [4.78, 5) is 3.96. The highest BCUT2D eigenvalue weighted by atomic mass is 79.9. The van der Waals surface area contributed by atoms with Gasteiger partial charge in [-0.2, -0.15) is 13.2 Å². The standard InChI is InChI=1S/C15H20BrF3N2/c1-20-7-3-4-12(10-20)21(2)14-6-5-11(9-16)8-13(14)15(17,18)19/h5-6,8,12H,3-4,7,9-10H2,1-2H3. The summed E-state index contributed by atoms with van der Waals surface area (Å²) < 4.78 is 39.9. The van der Waals surface area contributed by atoms with Crippen LogP contribution in [0.1, 0.15) is 24.0 Å². The lowest BCUT2D eigenvalue weighted by Gasteiger charge is -2.38. The molecule has 0 saturated carbocycles. The third-order valence-electron chi connectivity index (χ3n) is 4.05. The molecule has 0 radical (unpaired) electrons. The van der Waals surface area contributed by atoms with Crippen LogP contribution in [-0.2, 0) is 11.5 Å². The van der Waals surface area contributed by atoms with Gasteiger partial charge in [0, 0.05) is 30.7 Å². The van der Waals surface area contributed by atoms with Crippen molar-refractivity contribution in [3.63, 3.8) is 0 Å². The minimum Gasteiger partial charge on any atom is -0.370 e. The summed E-state index contributed by atoms with van der Waals surface area (Å²) in [6, 6.07) is 4.71. The lowest BCUT2D eigenvalue weighted by Crippen LogP contribution is -2.45. The lowest BCUT2D eigenvalue weighted by atomic mass is 10.0. The van der Waals surface area contributed by atoms with Gasteiger partial charge in [-0.25, -0.2) is 0 Å². The van der Waals surface area contributed by atoms with Crippen molar-refractivity contribution in [1.82, 2.24) is 4.90 Å². The van der Waals surface area contributed by atoms with Gasteiger partial charge in [-0.1, -0.05) is 22.0 Å². The summed E-state index contributed by atoms with van der Waals surface area (Å²) in [5, 5.41) is 0.423. The number of hydrogen-bond acceptors (Lipinski definition) is 2. The lowest BCUT2D eigenvalue weighted by molar-refractivity contribution is -0.137. The van der Waals surface area contributed by atoms with Crippen LogP contribution in [0.15, 0.2) is 18.2 Å². The van der Waals surface area contributed by atoms with Crippen molar-refractivity contribution in [1.29, 1.82) is 0 Å². The molecule has 0 aromatic heterocycles. The van der Waals surface area contributed by atoms with Gasteiger partial charge < -0.3 is 9.80 Å². The minimum absolute atomic E-state index is 0.125. The molecule has 0 spiro atoms. The third-order valence-corrected chi connectivity index (χ3v) is 4.70. The molecule has 6 heteroatoms. The van der Waals surface area contributed by atoms with Crippen molar-refractivity contribution >= 4 is 21.6 Å². The van der Waals surface area contributed by atoms with Crippen molar-refractivity contribution in [2.75, 3.05) is 32.1 Å². The van der Waals surface area contributed by atoms with Crippen LogP contribution in [0.3, 0.4) is 0 Å². The molecule has 1 heterocycles. The largest absolute Gasteiger partial charge is 0.418 e. The van der Waals surface area contributed by atoms with Crippen molar-refractivity contribution < 1.29 is 13.2 Å². The van der Waals surface area contributed by atoms with E-state index in [0.29, 0.717) is 10.9 Å². The average Bonchev–Trinajstić information content (AvgIpc) is 2.45. The fourth-order valence-corrected chi connectivity index (χ4v) is 3.20. The Bertz CT molecular complexity index is 490. The Morgan fingerprint density at radius 3 is 2.67 bits per heavy atom. The molecule has 1 saturated heterocycles. The van der Waals surface area contributed by atoms with Gasteiger partial charge in [-0.3, -0.25) is 0 Å². The van der Waals surface area contributed by atoms with Crippen LogP contribution in [0.25, 0.3) is 0 Å². The molecule has 21 heavy (non-hydrogen) atoms. The summed E-state index contributed by atoms with van der Waals surface area (Å²) in [6.07, 6.45) is -2.38. The maximum absolute atomic E-state index is 13.3. The van der Waals surface area contributed by atoms with Gasteiger partial charge in [0.05, 0.1) is 5.56 Å². The molecule has 1 aromatic carbocycles. The second-order valence-electron chi connectivity index (χ2n) is 5.65. The molecule has 0 aliphatic carbocycles. The number of hydrogen-bond donors (Lipinski definition) is 0. The SMILES string of the molecule is CN1CCCC(N(C)c2ccc(CBr)cc2C(F)(F)F)C1. The summed E-state index contributed by atoms with van der Waals surface area (Å²) >= 11 is 3.22. The average molecular weight is 365 g/mol. The first-order valence-electron chi connectivity index (χ1n) is 7.00. The quantitative estimate of drug-likeness (QED) is 0.744. The van der Waals surface area contributed by atoms with Crippen LogP contribution in [0.5, 0.6) is 0 Å². The van der Waals surface area contributed by atoms with Gasteiger partial charge in [0.2, 0.25) is 0 Å². The van der Waals surface area contributed by atoms with E-state index < -0.39 is 11.7 Å². The van der Waals surface area contributed by atoms with Gasteiger partial charge >= 0.3 is 6.18 Å². The molecule has 1 aromatic rings. The predicted octanol–water partition coefficient (Wildman–Crippen LogP) is 4.13. The first kappa shape index (κ1) is 16.6. The number of benzene rings is 1. The molecule has 1 unspecified atom stereocenters. The van der Waals surface area contributed by atoms with Crippen molar-refractivity contribution in [2.24, 2.45) is 0 Å². The topological polar surface area (TPSA) is 6.48 Å². The number of anilines is 1. The number of likely N-dealkylation sites (tertiary alicyclic amines) is 1. The van der Waals surface area contributed by atoms with Crippen molar-refractivity contribution in [3.05, 3.63) is 29.3 Å². The molecule has 1 fully saturated rings. The summed E-state index contributed by atoms with van der Waals surface area (Å²) in [5.41, 5.74) is 0.364. The molecule has 2 rings (SSSR count). The molecular weight excluding hydrogens is 345 g/mol. The molecule has 0 amide bonds. The molecule has 0 bridgehead atoms. The van der Waals surface area contributed by atoms with Crippen LogP contribution in [0, 0.1) is 0 Å².